The van der Waals surface area contributed by atoms with Crippen LogP contribution in [0.1, 0.15) is 25.0 Å². The smallest absolute Gasteiger partial charge is 0.330 e. The number of hydrogen-bond acceptors (Lipinski definition) is 5. The van der Waals surface area contributed by atoms with Crippen LogP contribution >= 0.6 is 0 Å². The number of hydrogen-bond donors (Lipinski definition) is 0. The van der Waals surface area contributed by atoms with E-state index < -0.39 is 16.0 Å². The first kappa shape index (κ1) is 19.7. The Balaban J connectivity index is 2.33. The van der Waals surface area contributed by atoms with E-state index in [1.807, 2.05) is 6.07 Å². The first-order valence-electron chi connectivity index (χ1n) is 8.30. The summed E-state index contributed by atoms with van der Waals surface area (Å²) in [5, 5.41) is 0. The number of carbonyl (C=O) groups excluding carboxylic acids is 1. The quantitative estimate of drug-likeness (QED) is 0.524. The molecule has 0 unspecified atom stereocenters. The predicted molar refractivity (Wildman–Crippen MR) is 102 cm³/mol. The normalized spacial score (nSPS) is 11.5. The molecule has 7 heteroatoms. The molecule has 0 aliphatic rings. The zero-order valence-corrected chi connectivity index (χ0v) is 15.6. The molecular formula is C19H22N2O4S. The van der Waals surface area contributed by atoms with Crippen LogP contribution in [0.5, 0.6) is 0 Å². The van der Waals surface area contributed by atoms with E-state index in [0.717, 1.165) is 5.56 Å². The summed E-state index contributed by atoms with van der Waals surface area (Å²) >= 11 is 0. The minimum atomic E-state index is -3.48. The molecule has 0 radical (unpaired) electrons. The van der Waals surface area contributed by atoms with Crippen molar-refractivity contribution in [3.63, 3.8) is 0 Å². The number of rotatable bonds is 8. The average molecular weight is 374 g/mol. The number of nitrogens with zero attached hydrogens (tertiary/aromatic N) is 2. The molecule has 138 valence electrons. The van der Waals surface area contributed by atoms with Crippen molar-refractivity contribution >= 4 is 27.8 Å². The Morgan fingerprint density at radius 3 is 2.69 bits per heavy atom. The summed E-state index contributed by atoms with van der Waals surface area (Å²) < 4.78 is 31.4. The lowest BCUT2D eigenvalue weighted by Crippen LogP contribution is -2.31. The molecule has 0 aliphatic heterocycles. The molecule has 0 fully saturated rings. The van der Waals surface area contributed by atoms with Crippen molar-refractivity contribution in [2.45, 2.75) is 20.4 Å². The van der Waals surface area contributed by atoms with Crippen LogP contribution in [0.2, 0.25) is 0 Å². The molecule has 0 saturated carbocycles. The maximum atomic E-state index is 12.6. The van der Waals surface area contributed by atoms with Gasteiger partial charge in [-0.2, -0.15) is 0 Å². The lowest BCUT2D eigenvalue weighted by Gasteiger charge is -2.24. The van der Waals surface area contributed by atoms with Crippen molar-refractivity contribution in [1.82, 2.24) is 4.98 Å². The number of sulfonamides is 1. The zero-order chi connectivity index (χ0) is 19.0. The van der Waals surface area contributed by atoms with Crippen molar-refractivity contribution < 1.29 is 17.9 Å². The summed E-state index contributed by atoms with van der Waals surface area (Å²) in [6.45, 7) is 3.83. The highest BCUT2D eigenvalue weighted by molar-refractivity contribution is 7.92. The van der Waals surface area contributed by atoms with Crippen molar-refractivity contribution in [3.05, 3.63) is 66.0 Å². The molecule has 2 aromatic rings. The largest absolute Gasteiger partial charge is 0.463 e. The van der Waals surface area contributed by atoms with Gasteiger partial charge in [0, 0.05) is 18.5 Å². The van der Waals surface area contributed by atoms with Crippen molar-refractivity contribution in [2.24, 2.45) is 0 Å². The lowest BCUT2D eigenvalue weighted by molar-refractivity contribution is -0.137. The molecule has 1 aromatic heterocycles. The van der Waals surface area contributed by atoms with E-state index in [4.69, 9.17) is 4.74 Å². The standard InChI is InChI=1S/C19H22N2O4S/c1-3-25-19(22)11-10-16-7-5-9-18(13-16)21(26(23,24)4-2)15-17-8-6-12-20-14-17/h5-14H,3-4,15H2,1-2H3/b11-10+. The molecule has 2 rings (SSSR count). The summed E-state index contributed by atoms with van der Waals surface area (Å²) in [6, 6.07) is 10.6. The summed E-state index contributed by atoms with van der Waals surface area (Å²) in [5.41, 5.74) is 2.02. The van der Waals surface area contributed by atoms with Crippen LogP contribution in [0.15, 0.2) is 54.9 Å². The molecule has 0 spiro atoms. The third-order valence-corrected chi connectivity index (χ3v) is 5.35. The Hall–Kier alpha value is -2.67. The molecular weight excluding hydrogens is 352 g/mol. The van der Waals surface area contributed by atoms with Gasteiger partial charge in [-0.1, -0.05) is 18.2 Å². The third kappa shape index (κ3) is 5.42. The molecule has 0 bridgehead atoms. The van der Waals surface area contributed by atoms with Gasteiger partial charge in [-0.25, -0.2) is 13.2 Å². The van der Waals surface area contributed by atoms with Gasteiger partial charge in [0.25, 0.3) is 0 Å². The highest BCUT2D eigenvalue weighted by Crippen LogP contribution is 2.23. The topological polar surface area (TPSA) is 76.6 Å². The van der Waals surface area contributed by atoms with Crippen LogP contribution in [0.3, 0.4) is 0 Å². The monoisotopic (exact) mass is 374 g/mol. The van der Waals surface area contributed by atoms with Gasteiger partial charge in [-0.3, -0.25) is 9.29 Å². The Bertz CT molecular complexity index is 864. The van der Waals surface area contributed by atoms with E-state index in [-0.39, 0.29) is 12.3 Å². The van der Waals surface area contributed by atoms with Gasteiger partial charge in [-0.05, 0) is 49.2 Å². The number of esters is 1. The fraction of sp³-hybridized carbons (Fsp3) is 0.263. The van der Waals surface area contributed by atoms with E-state index in [9.17, 15) is 13.2 Å². The fourth-order valence-corrected chi connectivity index (χ4v) is 3.39. The van der Waals surface area contributed by atoms with Gasteiger partial charge in [-0.15, -0.1) is 0 Å². The second kappa shape index (κ2) is 9.15. The number of carbonyl (C=O) groups is 1. The van der Waals surface area contributed by atoms with Gasteiger partial charge in [0.15, 0.2) is 0 Å². The van der Waals surface area contributed by atoms with Crippen LogP contribution in [0, 0.1) is 0 Å². The molecule has 1 heterocycles. The van der Waals surface area contributed by atoms with Gasteiger partial charge in [0.05, 0.1) is 24.6 Å². The first-order chi connectivity index (χ1) is 12.5. The number of benzene rings is 1. The number of aromatic nitrogens is 1. The van der Waals surface area contributed by atoms with Crippen molar-refractivity contribution in [1.29, 1.82) is 0 Å². The van der Waals surface area contributed by atoms with E-state index in [2.05, 4.69) is 4.98 Å². The molecule has 0 N–H and O–H groups in total. The highest BCUT2D eigenvalue weighted by atomic mass is 32.2. The Labute approximate surface area is 154 Å². The number of pyridine rings is 1. The molecule has 6 nitrogen and oxygen atoms in total. The fourth-order valence-electron chi connectivity index (χ4n) is 2.30. The first-order valence-corrected chi connectivity index (χ1v) is 9.91. The Kier molecular flexibility index (Phi) is 6.91. The molecule has 0 amide bonds. The number of ether oxygens (including phenoxy) is 1. The van der Waals surface area contributed by atoms with Gasteiger partial charge < -0.3 is 4.74 Å². The summed E-state index contributed by atoms with van der Waals surface area (Å²) in [6.07, 6.45) is 6.20. The van der Waals surface area contributed by atoms with E-state index in [1.54, 1.807) is 62.6 Å². The zero-order valence-electron chi connectivity index (χ0n) is 14.8. The second-order valence-corrected chi connectivity index (χ2v) is 7.63. The van der Waals surface area contributed by atoms with Gasteiger partial charge in [0.1, 0.15) is 0 Å². The minimum absolute atomic E-state index is 0.0177. The average Bonchev–Trinajstić information content (AvgIpc) is 2.65. The van der Waals surface area contributed by atoms with E-state index in [1.165, 1.54) is 10.4 Å². The Morgan fingerprint density at radius 1 is 1.23 bits per heavy atom. The number of anilines is 1. The van der Waals surface area contributed by atoms with E-state index in [0.29, 0.717) is 17.9 Å². The molecule has 0 atom stereocenters. The molecule has 1 aromatic carbocycles. The summed E-state index contributed by atoms with van der Waals surface area (Å²) in [4.78, 5) is 15.5. The molecule has 0 saturated heterocycles. The molecule has 26 heavy (non-hydrogen) atoms. The van der Waals surface area contributed by atoms with Gasteiger partial charge in [0.2, 0.25) is 10.0 Å². The van der Waals surface area contributed by atoms with Crippen LogP contribution in [0.25, 0.3) is 6.08 Å². The predicted octanol–water partition coefficient (Wildman–Crippen LogP) is 3.01. The Morgan fingerprint density at radius 2 is 2.04 bits per heavy atom. The maximum Gasteiger partial charge on any atom is 0.330 e. The highest BCUT2D eigenvalue weighted by Gasteiger charge is 2.21. The van der Waals surface area contributed by atoms with Crippen LogP contribution < -0.4 is 4.31 Å². The minimum Gasteiger partial charge on any atom is -0.463 e. The van der Waals surface area contributed by atoms with Gasteiger partial charge >= 0.3 is 5.97 Å². The summed E-state index contributed by atoms with van der Waals surface area (Å²) in [5.74, 6) is -0.456. The third-order valence-electron chi connectivity index (χ3n) is 3.61. The van der Waals surface area contributed by atoms with Crippen LogP contribution in [-0.4, -0.2) is 31.7 Å². The lowest BCUT2D eigenvalue weighted by atomic mass is 10.2. The van der Waals surface area contributed by atoms with Crippen LogP contribution in [0.4, 0.5) is 5.69 Å². The SMILES string of the molecule is CCOC(=O)/C=C/c1cccc(N(Cc2cccnc2)S(=O)(=O)CC)c1. The maximum absolute atomic E-state index is 12.6. The van der Waals surface area contributed by atoms with E-state index >= 15 is 0 Å². The second-order valence-electron chi connectivity index (χ2n) is 5.45. The van der Waals surface area contributed by atoms with Crippen molar-refractivity contribution in [3.8, 4) is 0 Å². The van der Waals surface area contributed by atoms with Crippen LogP contribution in [-0.2, 0) is 26.1 Å². The summed E-state index contributed by atoms with van der Waals surface area (Å²) in [7, 11) is -3.48. The van der Waals surface area contributed by atoms with Crippen molar-refractivity contribution in [2.75, 3.05) is 16.7 Å². The molecule has 0 aliphatic carbocycles.